The molecule has 0 saturated heterocycles. The van der Waals surface area contributed by atoms with E-state index >= 15 is 0 Å². The Kier molecular flexibility index (Phi) is 8.81. The molecule has 20 heavy (non-hydrogen) atoms. The van der Waals surface area contributed by atoms with Gasteiger partial charge in [-0.3, -0.25) is 0 Å². The van der Waals surface area contributed by atoms with Gasteiger partial charge in [0.2, 0.25) is 0 Å². The van der Waals surface area contributed by atoms with E-state index in [1.807, 2.05) is 20.8 Å². The zero-order valence-electron chi connectivity index (χ0n) is 14.0. The molecule has 120 valence electrons. The predicted octanol–water partition coefficient (Wildman–Crippen LogP) is 2.11. The molecule has 0 bridgehead atoms. The Morgan fingerprint density at radius 1 is 1.25 bits per heavy atom. The van der Waals surface area contributed by atoms with Crippen molar-refractivity contribution in [3.8, 4) is 0 Å². The summed E-state index contributed by atoms with van der Waals surface area (Å²) >= 11 is 0. The molecule has 0 saturated carbocycles. The van der Waals surface area contributed by atoms with Crippen LogP contribution in [0.25, 0.3) is 0 Å². The van der Waals surface area contributed by atoms with E-state index in [1.54, 1.807) is 0 Å². The number of hydrogen-bond acceptors (Lipinski definition) is 4. The molecule has 0 aliphatic rings. The molecule has 0 aromatic rings. The van der Waals surface area contributed by atoms with Gasteiger partial charge in [-0.05, 0) is 52.1 Å². The van der Waals surface area contributed by atoms with E-state index in [9.17, 15) is 4.79 Å². The number of rotatable bonds is 8. The Morgan fingerprint density at radius 2 is 1.85 bits per heavy atom. The van der Waals surface area contributed by atoms with Crippen molar-refractivity contribution in [1.29, 1.82) is 0 Å². The van der Waals surface area contributed by atoms with Crippen LogP contribution < -0.4 is 16.4 Å². The van der Waals surface area contributed by atoms with Crippen LogP contribution in [0.5, 0.6) is 0 Å². The molecule has 2 atom stereocenters. The van der Waals surface area contributed by atoms with Crippen LogP contribution in [0.1, 0.15) is 48.0 Å². The van der Waals surface area contributed by atoms with Gasteiger partial charge >= 0.3 is 6.09 Å². The molecule has 4 N–H and O–H groups in total. The van der Waals surface area contributed by atoms with Gasteiger partial charge in [-0.1, -0.05) is 20.8 Å². The number of nitrogens with one attached hydrogen (secondary N) is 2. The van der Waals surface area contributed by atoms with Crippen LogP contribution in [0.3, 0.4) is 0 Å². The van der Waals surface area contributed by atoms with Gasteiger partial charge in [0.05, 0.1) is 0 Å². The Labute approximate surface area is 124 Å². The summed E-state index contributed by atoms with van der Waals surface area (Å²) in [5.74, 6) is 1.02. The molecule has 1 amide bonds. The summed E-state index contributed by atoms with van der Waals surface area (Å²) in [7, 11) is 0. The number of carbonyl (C=O) groups is 1. The van der Waals surface area contributed by atoms with Gasteiger partial charge in [-0.15, -0.1) is 0 Å². The van der Waals surface area contributed by atoms with E-state index in [0.717, 1.165) is 13.0 Å². The summed E-state index contributed by atoms with van der Waals surface area (Å²) in [5.41, 5.74) is 5.31. The Hall–Kier alpha value is -0.810. The lowest BCUT2D eigenvalue weighted by molar-refractivity contribution is 0.0521. The van der Waals surface area contributed by atoms with Crippen LogP contribution >= 0.6 is 0 Å². The van der Waals surface area contributed by atoms with Gasteiger partial charge in [-0.2, -0.15) is 0 Å². The standard InChI is InChI=1S/C15H33N3O2/c1-7-13(17-9-12(8-16)11(2)3)10-18-14(19)20-15(4,5)6/h11-13,17H,7-10,16H2,1-6H3,(H,18,19). The first-order chi connectivity index (χ1) is 9.19. The van der Waals surface area contributed by atoms with Gasteiger partial charge in [0.1, 0.15) is 5.60 Å². The van der Waals surface area contributed by atoms with E-state index in [2.05, 4.69) is 31.4 Å². The molecular formula is C15H33N3O2. The molecule has 5 heteroatoms. The number of hydrogen-bond donors (Lipinski definition) is 3. The highest BCUT2D eigenvalue weighted by molar-refractivity contribution is 5.67. The molecule has 0 heterocycles. The lowest BCUT2D eigenvalue weighted by Gasteiger charge is -2.25. The normalized spacial score (nSPS) is 15.0. The molecule has 0 fully saturated rings. The summed E-state index contributed by atoms with van der Waals surface area (Å²) < 4.78 is 5.22. The van der Waals surface area contributed by atoms with Crippen LogP contribution in [0.2, 0.25) is 0 Å². The molecule has 0 aromatic heterocycles. The maximum atomic E-state index is 11.6. The topological polar surface area (TPSA) is 76.4 Å². The first kappa shape index (κ1) is 19.2. The minimum atomic E-state index is -0.457. The largest absolute Gasteiger partial charge is 0.444 e. The zero-order chi connectivity index (χ0) is 15.8. The Bertz CT molecular complexity index is 275. The highest BCUT2D eigenvalue weighted by Gasteiger charge is 2.18. The molecular weight excluding hydrogens is 254 g/mol. The minimum absolute atomic E-state index is 0.246. The second kappa shape index (κ2) is 9.19. The van der Waals surface area contributed by atoms with E-state index in [4.69, 9.17) is 10.5 Å². The van der Waals surface area contributed by atoms with Crippen molar-refractivity contribution in [3.63, 3.8) is 0 Å². The SMILES string of the molecule is CCC(CNC(=O)OC(C)(C)C)NCC(CN)C(C)C. The van der Waals surface area contributed by atoms with Gasteiger partial charge in [-0.25, -0.2) is 4.79 Å². The molecule has 0 rings (SSSR count). The van der Waals surface area contributed by atoms with Gasteiger partial charge in [0.25, 0.3) is 0 Å². The average molecular weight is 287 g/mol. The molecule has 5 nitrogen and oxygen atoms in total. The second-order valence-electron chi connectivity index (χ2n) is 6.64. The van der Waals surface area contributed by atoms with Gasteiger partial charge in [0.15, 0.2) is 0 Å². The molecule has 0 aliphatic heterocycles. The second-order valence-corrected chi connectivity index (χ2v) is 6.64. The fourth-order valence-corrected chi connectivity index (χ4v) is 1.79. The van der Waals surface area contributed by atoms with Crippen LogP contribution in [0, 0.1) is 11.8 Å². The monoisotopic (exact) mass is 287 g/mol. The number of ether oxygens (including phenoxy) is 1. The highest BCUT2D eigenvalue weighted by atomic mass is 16.6. The van der Waals surface area contributed by atoms with E-state index in [-0.39, 0.29) is 12.1 Å². The molecule has 0 spiro atoms. The first-order valence-electron chi connectivity index (χ1n) is 7.59. The van der Waals surface area contributed by atoms with E-state index < -0.39 is 5.60 Å². The third-order valence-electron chi connectivity index (χ3n) is 3.30. The highest BCUT2D eigenvalue weighted by Crippen LogP contribution is 2.08. The van der Waals surface area contributed by atoms with Crippen molar-refractivity contribution >= 4 is 6.09 Å². The first-order valence-corrected chi connectivity index (χ1v) is 7.59. The molecule has 0 aromatic carbocycles. The number of carbonyl (C=O) groups excluding carboxylic acids is 1. The third kappa shape index (κ3) is 9.15. The van der Waals surface area contributed by atoms with Crippen LogP contribution in [-0.2, 0) is 4.74 Å². The molecule has 0 aliphatic carbocycles. The van der Waals surface area contributed by atoms with E-state index in [1.165, 1.54) is 0 Å². The maximum absolute atomic E-state index is 11.6. The summed E-state index contributed by atoms with van der Waals surface area (Å²) in [6, 6.07) is 0.246. The summed E-state index contributed by atoms with van der Waals surface area (Å²) in [5, 5.41) is 6.28. The summed E-state index contributed by atoms with van der Waals surface area (Å²) in [6.07, 6.45) is 0.586. The summed E-state index contributed by atoms with van der Waals surface area (Å²) in [6.45, 7) is 14.2. The van der Waals surface area contributed by atoms with E-state index in [0.29, 0.717) is 24.9 Å². The average Bonchev–Trinajstić information content (AvgIpc) is 2.31. The van der Waals surface area contributed by atoms with Gasteiger partial charge < -0.3 is 21.1 Å². The quantitative estimate of drug-likeness (QED) is 0.639. The zero-order valence-corrected chi connectivity index (χ0v) is 14.0. The number of alkyl carbamates (subject to hydrolysis) is 1. The van der Waals surface area contributed by atoms with Crippen molar-refractivity contribution in [2.75, 3.05) is 19.6 Å². The molecule has 2 unspecified atom stereocenters. The van der Waals surface area contributed by atoms with Gasteiger partial charge in [0, 0.05) is 12.6 Å². The van der Waals surface area contributed by atoms with Crippen molar-refractivity contribution in [1.82, 2.24) is 10.6 Å². The van der Waals surface area contributed by atoms with Crippen molar-refractivity contribution < 1.29 is 9.53 Å². The lowest BCUT2D eigenvalue weighted by atomic mass is 9.95. The fraction of sp³-hybridized carbons (Fsp3) is 0.933. The van der Waals surface area contributed by atoms with Crippen molar-refractivity contribution in [3.05, 3.63) is 0 Å². The van der Waals surface area contributed by atoms with Crippen LogP contribution in [0.15, 0.2) is 0 Å². The predicted molar refractivity (Wildman–Crippen MR) is 83.7 cm³/mol. The number of nitrogens with two attached hydrogens (primary N) is 1. The Morgan fingerprint density at radius 3 is 2.25 bits per heavy atom. The lowest BCUT2D eigenvalue weighted by Crippen LogP contribution is -2.45. The Balaban J connectivity index is 4.07. The molecule has 0 radical (unpaired) electrons. The number of amides is 1. The smallest absolute Gasteiger partial charge is 0.407 e. The fourth-order valence-electron chi connectivity index (χ4n) is 1.79. The van der Waals surface area contributed by atoms with Crippen LogP contribution in [-0.4, -0.2) is 37.4 Å². The minimum Gasteiger partial charge on any atom is -0.444 e. The third-order valence-corrected chi connectivity index (χ3v) is 3.30. The van der Waals surface area contributed by atoms with Crippen LogP contribution in [0.4, 0.5) is 4.79 Å². The maximum Gasteiger partial charge on any atom is 0.407 e. The summed E-state index contributed by atoms with van der Waals surface area (Å²) in [4.78, 5) is 11.6. The van der Waals surface area contributed by atoms with Crippen molar-refractivity contribution in [2.24, 2.45) is 17.6 Å². The van der Waals surface area contributed by atoms with Crippen molar-refractivity contribution in [2.45, 2.75) is 59.6 Å².